The van der Waals surface area contributed by atoms with Crippen molar-refractivity contribution in [3.05, 3.63) is 53.6 Å². The molecule has 0 aromatic heterocycles. The summed E-state index contributed by atoms with van der Waals surface area (Å²) in [6.45, 7) is 3.50. The number of aliphatic hydroxyl groups excluding tert-OH is 1. The van der Waals surface area contributed by atoms with Crippen molar-refractivity contribution in [3.8, 4) is 5.75 Å². The van der Waals surface area contributed by atoms with E-state index in [4.69, 9.17) is 4.74 Å². The lowest BCUT2D eigenvalue weighted by molar-refractivity contribution is -0.137. The summed E-state index contributed by atoms with van der Waals surface area (Å²) in [5.74, 6) is -0.263. The molecule has 0 radical (unpaired) electrons. The van der Waals surface area contributed by atoms with E-state index in [0.717, 1.165) is 34.8 Å². The van der Waals surface area contributed by atoms with Crippen LogP contribution in [0.2, 0.25) is 0 Å². The van der Waals surface area contributed by atoms with Crippen LogP contribution in [0.3, 0.4) is 0 Å². The van der Waals surface area contributed by atoms with E-state index >= 15 is 0 Å². The molecule has 3 N–H and O–H groups in total. The number of ether oxygens (including phenoxy) is 1. The number of sulfonamides is 1. The Balaban J connectivity index is 1.86. The molecule has 0 saturated carbocycles. The number of alkyl halides is 3. The molecule has 1 heterocycles. The summed E-state index contributed by atoms with van der Waals surface area (Å²) in [5, 5.41) is 14.8. The Bertz CT molecular complexity index is 1320. The van der Waals surface area contributed by atoms with E-state index in [0.29, 0.717) is 17.0 Å². The Labute approximate surface area is 231 Å². The average Bonchev–Trinajstić information content (AvgIpc) is 2.90. The predicted octanol–water partition coefficient (Wildman–Crippen LogP) is 3.39. The summed E-state index contributed by atoms with van der Waals surface area (Å²) in [6, 6.07) is 7.37. The largest absolute Gasteiger partial charge is 0.488 e. The fourth-order valence-electron chi connectivity index (χ4n) is 4.15. The fourth-order valence-corrected chi connectivity index (χ4v) is 4.57. The summed E-state index contributed by atoms with van der Waals surface area (Å²) in [7, 11) is -2.08. The molecule has 220 valence electrons. The number of carbonyl (C=O) groups excluding carboxylic acids is 2. The van der Waals surface area contributed by atoms with Gasteiger partial charge in [0.1, 0.15) is 11.9 Å². The lowest BCUT2D eigenvalue weighted by Gasteiger charge is -2.33. The molecule has 3 atom stereocenters. The normalized spacial score (nSPS) is 19.1. The number of hydrogen-bond acceptors (Lipinski definition) is 6. The molecule has 0 bridgehead atoms. The molecule has 0 saturated heterocycles. The number of nitrogens with one attached hydrogen (secondary N) is 2. The molecule has 0 fully saturated rings. The maximum absolute atomic E-state index is 13.3. The van der Waals surface area contributed by atoms with E-state index < -0.39 is 39.9 Å². The molecular formula is C26H33F3N4O6S. The minimum Gasteiger partial charge on any atom is -0.488 e. The SMILES string of the molecule is C[C@@H]1CN([C@H](C)CO)C(=O)Cc2cc(NC(=O)Nc3ccc(C(F)(F)F)cc3)ccc2O[C@H]1CN(C)S(C)(=O)=O. The summed E-state index contributed by atoms with van der Waals surface area (Å²) in [4.78, 5) is 27.3. The van der Waals surface area contributed by atoms with Gasteiger partial charge in [-0.05, 0) is 49.4 Å². The molecule has 3 amide bonds. The van der Waals surface area contributed by atoms with Crippen molar-refractivity contribution in [2.24, 2.45) is 5.92 Å². The number of aliphatic hydroxyl groups is 1. The van der Waals surface area contributed by atoms with Gasteiger partial charge in [-0.2, -0.15) is 13.2 Å². The van der Waals surface area contributed by atoms with Gasteiger partial charge in [-0.15, -0.1) is 0 Å². The summed E-state index contributed by atoms with van der Waals surface area (Å²) >= 11 is 0. The highest BCUT2D eigenvalue weighted by molar-refractivity contribution is 7.88. The number of fused-ring (bicyclic) bond motifs is 1. The van der Waals surface area contributed by atoms with E-state index in [1.165, 1.54) is 24.1 Å². The minimum atomic E-state index is -4.50. The lowest BCUT2D eigenvalue weighted by atomic mass is 10.0. The monoisotopic (exact) mass is 586 g/mol. The molecule has 2 aromatic carbocycles. The van der Waals surface area contributed by atoms with E-state index in [1.807, 2.05) is 6.92 Å². The maximum atomic E-state index is 13.3. The molecule has 0 aliphatic carbocycles. The summed E-state index contributed by atoms with van der Waals surface area (Å²) in [6.07, 6.45) is -4.17. The molecule has 1 aliphatic rings. The zero-order chi connectivity index (χ0) is 29.8. The van der Waals surface area contributed by atoms with Gasteiger partial charge in [-0.25, -0.2) is 17.5 Å². The number of rotatable bonds is 7. The fraction of sp³-hybridized carbons (Fsp3) is 0.462. The number of benzene rings is 2. The molecule has 3 rings (SSSR count). The Morgan fingerprint density at radius 3 is 2.35 bits per heavy atom. The Hall–Kier alpha value is -3.36. The zero-order valence-electron chi connectivity index (χ0n) is 22.5. The number of hydrogen-bond donors (Lipinski definition) is 3. The molecule has 2 aromatic rings. The van der Waals surface area contributed by atoms with Gasteiger partial charge in [0.2, 0.25) is 15.9 Å². The van der Waals surface area contributed by atoms with Crippen LogP contribution < -0.4 is 15.4 Å². The van der Waals surface area contributed by atoms with E-state index in [-0.39, 0.29) is 43.6 Å². The smallest absolute Gasteiger partial charge is 0.416 e. The number of halogens is 3. The second kappa shape index (κ2) is 12.4. The van der Waals surface area contributed by atoms with Crippen LogP contribution in [-0.4, -0.2) is 79.8 Å². The molecule has 40 heavy (non-hydrogen) atoms. The van der Waals surface area contributed by atoms with Crippen molar-refractivity contribution in [1.82, 2.24) is 9.21 Å². The lowest BCUT2D eigenvalue weighted by Crippen LogP contribution is -2.48. The van der Waals surface area contributed by atoms with Gasteiger partial charge >= 0.3 is 12.2 Å². The quantitative estimate of drug-likeness (QED) is 0.457. The highest BCUT2D eigenvalue weighted by atomic mass is 32.2. The number of amides is 3. The van der Waals surface area contributed by atoms with E-state index in [1.54, 1.807) is 13.0 Å². The predicted molar refractivity (Wildman–Crippen MR) is 144 cm³/mol. The Morgan fingerprint density at radius 1 is 1.18 bits per heavy atom. The summed E-state index contributed by atoms with van der Waals surface area (Å²) < 4.78 is 69.9. The first-order valence-corrected chi connectivity index (χ1v) is 14.3. The highest BCUT2D eigenvalue weighted by Crippen LogP contribution is 2.31. The van der Waals surface area contributed by atoms with Crippen LogP contribution >= 0.6 is 0 Å². The van der Waals surface area contributed by atoms with Crippen LogP contribution in [0.1, 0.15) is 25.0 Å². The minimum absolute atomic E-state index is 0.0184. The zero-order valence-corrected chi connectivity index (χ0v) is 23.3. The first-order valence-electron chi connectivity index (χ1n) is 12.4. The first-order chi connectivity index (χ1) is 18.6. The van der Waals surface area contributed by atoms with Crippen molar-refractivity contribution in [3.63, 3.8) is 0 Å². The van der Waals surface area contributed by atoms with Gasteiger partial charge in [0, 0.05) is 36.4 Å². The number of urea groups is 1. The van der Waals surface area contributed by atoms with Crippen molar-refractivity contribution in [1.29, 1.82) is 0 Å². The number of carbonyl (C=O) groups is 2. The van der Waals surface area contributed by atoms with Crippen LogP contribution in [0, 0.1) is 5.92 Å². The highest BCUT2D eigenvalue weighted by Gasteiger charge is 2.32. The van der Waals surface area contributed by atoms with Crippen molar-refractivity contribution >= 4 is 33.3 Å². The third kappa shape index (κ3) is 8.08. The van der Waals surface area contributed by atoms with Crippen LogP contribution in [-0.2, 0) is 27.4 Å². The maximum Gasteiger partial charge on any atom is 0.416 e. The molecule has 14 heteroatoms. The number of likely N-dealkylation sites (N-methyl/N-ethyl adjacent to an activating group) is 1. The third-order valence-electron chi connectivity index (χ3n) is 6.65. The topological polar surface area (TPSA) is 128 Å². The van der Waals surface area contributed by atoms with Gasteiger partial charge in [0.25, 0.3) is 0 Å². The third-order valence-corrected chi connectivity index (χ3v) is 7.93. The van der Waals surface area contributed by atoms with Crippen LogP contribution in [0.4, 0.5) is 29.3 Å². The van der Waals surface area contributed by atoms with Gasteiger partial charge in [-0.1, -0.05) is 6.92 Å². The van der Waals surface area contributed by atoms with Gasteiger partial charge in [0.15, 0.2) is 0 Å². The molecule has 10 nitrogen and oxygen atoms in total. The van der Waals surface area contributed by atoms with Crippen LogP contribution in [0.25, 0.3) is 0 Å². The van der Waals surface area contributed by atoms with Crippen LogP contribution in [0.5, 0.6) is 5.75 Å². The van der Waals surface area contributed by atoms with E-state index in [2.05, 4.69) is 10.6 Å². The second-order valence-corrected chi connectivity index (χ2v) is 12.0. The first kappa shape index (κ1) is 31.2. The van der Waals surface area contributed by atoms with Crippen molar-refractivity contribution in [2.45, 2.75) is 38.6 Å². The summed E-state index contributed by atoms with van der Waals surface area (Å²) in [5.41, 5.74) is 0.0137. The van der Waals surface area contributed by atoms with E-state index in [9.17, 15) is 36.3 Å². The second-order valence-electron chi connectivity index (χ2n) is 9.91. The van der Waals surface area contributed by atoms with Crippen molar-refractivity contribution in [2.75, 3.05) is 43.6 Å². The Morgan fingerprint density at radius 2 is 1.77 bits per heavy atom. The number of nitrogens with zero attached hydrogens (tertiary/aromatic N) is 2. The molecule has 0 unspecified atom stereocenters. The average molecular weight is 587 g/mol. The van der Waals surface area contributed by atoms with Gasteiger partial charge in [-0.3, -0.25) is 4.79 Å². The Kier molecular flexibility index (Phi) is 9.69. The number of anilines is 2. The molecule has 1 aliphatic heterocycles. The van der Waals surface area contributed by atoms with Crippen LogP contribution in [0.15, 0.2) is 42.5 Å². The molecular weight excluding hydrogens is 553 g/mol. The standard InChI is InChI=1S/C26H33F3N4O6S/c1-16-13-33(17(2)15-34)24(35)12-18-11-21(9-10-22(18)39-23(16)14-32(3)40(4,37)38)31-25(36)30-20-7-5-19(6-8-20)26(27,28)29/h5-11,16-17,23,34H,12-15H2,1-4H3,(H2,30,31,36)/t16-,17-,23+/m1/s1. The van der Waals surface area contributed by atoms with Gasteiger partial charge < -0.3 is 25.4 Å². The van der Waals surface area contributed by atoms with Gasteiger partial charge in [0.05, 0.1) is 37.4 Å². The molecule has 0 spiro atoms. The van der Waals surface area contributed by atoms with Crippen molar-refractivity contribution < 1.29 is 41.0 Å².